The van der Waals surface area contributed by atoms with E-state index in [4.69, 9.17) is 16.7 Å². The van der Waals surface area contributed by atoms with Gasteiger partial charge in [0.05, 0.1) is 11.7 Å². The topological polar surface area (TPSA) is 55.1 Å². The first-order valence-electron chi connectivity index (χ1n) is 5.53. The standard InChI is InChI=1S/C11H17ClN2O2/c1-4-6-8-9(11(15)16)10(12)14(13-8)7(3)5-2/h7H,4-6H2,1-3H3,(H,15,16). The fourth-order valence-corrected chi connectivity index (χ4v) is 1.94. The molecule has 0 aliphatic rings. The molecule has 1 rings (SSSR count). The molecule has 0 aliphatic heterocycles. The molecule has 1 heterocycles. The van der Waals surface area contributed by atoms with E-state index in [1.54, 1.807) is 4.68 Å². The van der Waals surface area contributed by atoms with Crippen LogP contribution in [0.3, 0.4) is 0 Å². The van der Waals surface area contributed by atoms with Gasteiger partial charge in [-0.15, -0.1) is 0 Å². The minimum Gasteiger partial charge on any atom is -0.478 e. The van der Waals surface area contributed by atoms with E-state index in [0.29, 0.717) is 12.1 Å². The maximum Gasteiger partial charge on any atom is 0.340 e. The van der Waals surface area contributed by atoms with Gasteiger partial charge in [-0.25, -0.2) is 4.79 Å². The third-order valence-corrected chi connectivity index (χ3v) is 3.00. The van der Waals surface area contributed by atoms with E-state index in [1.165, 1.54) is 0 Å². The monoisotopic (exact) mass is 244 g/mol. The van der Waals surface area contributed by atoms with Gasteiger partial charge in [0.25, 0.3) is 0 Å². The van der Waals surface area contributed by atoms with Crippen molar-refractivity contribution in [3.63, 3.8) is 0 Å². The Labute approximate surface area is 100 Å². The van der Waals surface area contributed by atoms with Crippen molar-refractivity contribution in [2.75, 3.05) is 0 Å². The number of aryl methyl sites for hydroxylation is 1. The summed E-state index contributed by atoms with van der Waals surface area (Å²) >= 11 is 6.05. The maximum absolute atomic E-state index is 11.1. The molecule has 1 aromatic rings. The predicted octanol–water partition coefficient (Wildman–Crippen LogP) is 3.16. The van der Waals surface area contributed by atoms with Crippen molar-refractivity contribution in [1.82, 2.24) is 9.78 Å². The van der Waals surface area contributed by atoms with Crippen LogP contribution in [0.25, 0.3) is 0 Å². The zero-order valence-electron chi connectivity index (χ0n) is 9.83. The van der Waals surface area contributed by atoms with Gasteiger partial charge in [0, 0.05) is 0 Å². The van der Waals surface area contributed by atoms with Crippen LogP contribution >= 0.6 is 11.6 Å². The number of aromatic nitrogens is 2. The van der Waals surface area contributed by atoms with Gasteiger partial charge in [-0.1, -0.05) is 31.9 Å². The summed E-state index contributed by atoms with van der Waals surface area (Å²) in [6.07, 6.45) is 2.37. The Morgan fingerprint density at radius 1 is 1.56 bits per heavy atom. The largest absolute Gasteiger partial charge is 0.478 e. The minimum atomic E-state index is -0.997. The molecule has 4 nitrogen and oxygen atoms in total. The first-order valence-corrected chi connectivity index (χ1v) is 5.90. The Balaban J connectivity index is 3.23. The average Bonchev–Trinajstić information content (AvgIpc) is 2.55. The lowest BCUT2D eigenvalue weighted by molar-refractivity contribution is 0.0696. The van der Waals surface area contributed by atoms with E-state index in [2.05, 4.69) is 5.10 Å². The second-order valence-corrected chi connectivity index (χ2v) is 4.23. The number of hydrogen-bond donors (Lipinski definition) is 1. The molecule has 0 aliphatic carbocycles. The molecular formula is C11H17ClN2O2. The molecule has 0 aromatic carbocycles. The molecule has 0 fully saturated rings. The minimum absolute atomic E-state index is 0.121. The van der Waals surface area contributed by atoms with Crippen LogP contribution in [0.2, 0.25) is 5.15 Å². The van der Waals surface area contributed by atoms with Crippen molar-refractivity contribution in [3.05, 3.63) is 16.4 Å². The summed E-state index contributed by atoms with van der Waals surface area (Å²) < 4.78 is 1.61. The maximum atomic E-state index is 11.1. The number of hydrogen-bond acceptors (Lipinski definition) is 2. The van der Waals surface area contributed by atoms with Crippen molar-refractivity contribution in [2.45, 2.75) is 46.1 Å². The highest BCUT2D eigenvalue weighted by molar-refractivity contribution is 6.32. The predicted molar refractivity (Wildman–Crippen MR) is 63.2 cm³/mol. The normalized spacial score (nSPS) is 12.8. The van der Waals surface area contributed by atoms with Gasteiger partial charge in [0.2, 0.25) is 0 Å². The summed E-state index contributed by atoms with van der Waals surface area (Å²) in [6.45, 7) is 5.98. The highest BCUT2D eigenvalue weighted by Crippen LogP contribution is 2.25. The first kappa shape index (κ1) is 13.0. The lowest BCUT2D eigenvalue weighted by Gasteiger charge is -2.09. The van der Waals surface area contributed by atoms with Crippen LogP contribution in [0, 0.1) is 0 Å². The Morgan fingerprint density at radius 2 is 2.19 bits per heavy atom. The van der Waals surface area contributed by atoms with Crippen LogP contribution in [-0.4, -0.2) is 20.9 Å². The van der Waals surface area contributed by atoms with Crippen molar-refractivity contribution >= 4 is 17.6 Å². The fraction of sp³-hybridized carbons (Fsp3) is 0.636. The van der Waals surface area contributed by atoms with Crippen molar-refractivity contribution < 1.29 is 9.90 Å². The van der Waals surface area contributed by atoms with Gasteiger partial charge >= 0.3 is 5.97 Å². The zero-order chi connectivity index (χ0) is 12.3. The summed E-state index contributed by atoms with van der Waals surface area (Å²) in [5.41, 5.74) is 0.740. The summed E-state index contributed by atoms with van der Waals surface area (Å²) in [6, 6.07) is 0.121. The molecule has 1 atom stereocenters. The SMILES string of the molecule is CCCc1nn(C(C)CC)c(Cl)c1C(=O)O. The number of halogens is 1. The summed E-state index contributed by atoms with van der Waals surface area (Å²) in [4.78, 5) is 11.1. The third kappa shape index (κ3) is 2.38. The first-order chi connectivity index (χ1) is 7.52. The van der Waals surface area contributed by atoms with Crippen LogP contribution in [0.1, 0.15) is 55.7 Å². The molecule has 0 saturated heterocycles. The van der Waals surface area contributed by atoms with E-state index >= 15 is 0 Å². The van der Waals surface area contributed by atoms with E-state index < -0.39 is 5.97 Å². The molecular weight excluding hydrogens is 228 g/mol. The van der Waals surface area contributed by atoms with Gasteiger partial charge in [-0.2, -0.15) is 5.10 Å². The lowest BCUT2D eigenvalue weighted by Crippen LogP contribution is -2.06. The Kier molecular flexibility index (Phi) is 4.35. The number of aromatic carboxylic acids is 1. The fourth-order valence-electron chi connectivity index (χ4n) is 1.55. The summed E-state index contributed by atoms with van der Waals surface area (Å²) in [5, 5.41) is 13.6. The summed E-state index contributed by atoms with van der Waals surface area (Å²) in [7, 11) is 0. The van der Waals surface area contributed by atoms with Crippen molar-refractivity contribution in [1.29, 1.82) is 0 Å². The van der Waals surface area contributed by atoms with Crippen LogP contribution in [0.15, 0.2) is 0 Å². The quantitative estimate of drug-likeness (QED) is 0.866. The van der Waals surface area contributed by atoms with Crippen molar-refractivity contribution in [2.24, 2.45) is 0 Å². The third-order valence-electron chi connectivity index (χ3n) is 2.63. The zero-order valence-corrected chi connectivity index (χ0v) is 10.6. The van der Waals surface area contributed by atoms with Crippen LogP contribution in [0.5, 0.6) is 0 Å². The van der Waals surface area contributed by atoms with Crippen LogP contribution in [0.4, 0.5) is 0 Å². The molecule has 1 unspecified atom stereocenters. The Hall–Kier alpha value is -1.03. The number of rotatable bonds is 5. The Morgan fingerprint density at radius 3 is 2.62 bits per heavy atom. The second-order valence-electron chi connectivity index (χ2n) is 3.87. The highest BCUT2D eigenvalue weighted by Gasteiger charge is 2.23. The lowest BCUT2D eigenvalue weighted by atomic mass is 10.2. The molecule has 0 bridgehead atoms. The van der Waals surface area contributed by atoms with Gasteiger partial charge < -0.3 is 5.11 Å². The highest BCUT2D eigenvalue weighted by atomic mass is 35.5. The number of nitrogens with zero attached hydrogens (tertiary/aromatic N) is 2. The number of carboxylic acids is 1. The van der Waals surface area contributed by atoms with Gasteiger partial charge in [0.1, 0.15) is 10.7 Å². The van der Waals surface area contributed by atoms with Crippen LogP contribution < -0.4 is 0 Å². The average molecular weight is 245 g/mol. The molecule has 5 heteroatoms. The van der Waals surface area contributed by atoms with Crippen LogP contribution in [-0.2, 0) is 6.42 Å². The second kappa shape index (κ2) is 5.34. The molecule has 1 N–H and O–H groups in total. The van der Waals surface area contributed by atoms with E-state index in [1.807, 2.05) is 20.8 Å². The smallest absolute Gasteiger partial charge is 0.340 e. The van der Waals surface area contributed by atoms with Gasteiger partial charge in [-0.05, 0) is 19.8 Å². The van der Waals surface area contributed by atoms with E-state index in [0.717, 1.165) is 12.8 Å². The molecule has 90 valence electrons. The van der Waals surface area contributed by atoms with E-state index in [9.17, 15) is 4.79 Å². The number of carboxylic acid groups (broad SMARTS) is 1. The molecule has 16 heavy (non-hydrogen) atoms. The Bertz CT molecular complexity index is 388. The molecule has 0 saturated carbocycles. The van der Waals surface area contributed by atoms with Gasteiger partial charge in [-0.3, -0.25) is 4.68 Å². The molecule has 1 aromatic heterocycles. The number of carbonyl (C=O) groups is 1. The van der Waals surface area contributed by atoms with Crippen molar-refractivity contribution in [3.8, 4) is 0 Å². The summed E-state index contributed by atoms with van der Waals surface area (Å²) in [5.74, 6) is -0.997. The molecule has 0 spiro atoms. The molecule has 0 radical (unpaired) electrons. The molecule has 0 amide bonds. The van der Waals surface area contributed by atoms with Gasteiger partial charge in [0.15, 0.2) is 0 Å². The van der Waals surface area contributed by atoms with E-state index in [-0.39, 0.29) is 16.8 Å².